The number of nitrogens with one attached hydrogen (secondary N) is 1. The summed E-state index contributed by atoms with van der Waals surface area (Å²) < 4.78 is 26.8. The number of halogens is 1. The highest BCUT2D eigenvalue weighted by Gasteiger charge is 2.32. The molecule has 3 rings (SSSR count). The van der Waals surface area contributed by atoms with Crippen LogP contribution in [0.15, 0.2) is 76.4 Å². The number of pyridine rings is 1. The SMILES string of the molecule is O=C(c1cc(Cl)[nH]c(=O)c1)N(c1ccc(O)cc1)S(=O)(=O)c1ccccc1. The van der Waals surface area contributed by atoms with Crippen molar-refractivity contribution in [2.24, 2.45) is 0 Å². The van der Waals surface area contributed by atoms with E-state index in [2.05, 4.69) is 4.98 Å². The molecular formula is C18H13ClN2O5S. The first-order valence-electron chi connectivity index (χ1n) is 7.62. The Morgan fingerprint density at radius 2 is 1.63 bits per heavy atom. The minimum atomic E-state index is -4.29. The van der Waals surface area contributed by atoms with Gasteiger partial charge in [-0.1, -0.05) is 29.8 Å². The first-order chi connectivity index (χ1) is 12.8. The topological polar surface area (TPSA) is 108 Å². The van der Waals surface area contributed by atoms with Crippen LogP contribution in [0, 0.1) is 0 Å². The third-order valence-electron chi connectivity index (χ3n) is 3.61. The van der Waals surface area contributed by atoms with Crippen molar-refractivity contribution in [2.75, 3.05) is 4.31 Å². The number of hydrogen-bond acceptors (Lipinski definition) is 5. The zero-order chi connectivity index (χ0) is 19.6. The number of anilines is 1. The molecule has 0 spiro atoms. The summed E-state index contributed by atoms with van der Waals surface area (Å²) in [5, 5.41) is 9.37. The van der Waals surface area contributed by atoms with Crippen molar-refractivity contribution < 1.29 is 18.3 Å². The average molecular weight is 405 g/mol. The number of carbonyl (C=O) groups is 1. The van der Waals surface area contributed by atoms with Crippen LogP contribution in [0.25, 0.3) is 0 Å². The second-order valence-corrected chi connectivity index (χ2v) is 7.68. The van der Waals surface area contributed by atoms with Crippen molar-refractivity contribution in [1.29, 1.82) is 0 Å². The Balaban J connectivity index is 2.20. The first kappa shape index (κ1) is 18.7. The number of phenolic OH excluding ortho intramolecular Hbond substituents is 1. The monoisotopic (exact) mass is 404 g/mol. The van der Waals surface area contributed by atoms with Gasteiger partial charge in [-0.15, -0.1) is 0 Å². The quantitative estimate of drug-likeness (QED) is 0.650. The first-order valence-corrected chi connectivity index (χ1v) is 9.44. The van der Waals surface area contributed by atoms with Gasteiger partial charge in [0.05, 0.1) is 10.6 Å². The summed E-state index contributed by atoms with van der Waals surface area (Å²) in [6, 6.07) is 14.6. The molecule has 7 nitrogen and oxygen atoms in total. The predicted octanol–water partition coefficient (Wildman–Crippen LogP) is 2.77. The number of hydrogen-bond donors (Lipinski definition) is 2. The number of aromatic hydroxyl groups is 1. The number of rotatable bonds is 4. The minimum Gasteiger partial charge on any atom is -0.508 e. The number of benzene rings is 2. The van der Waals surface area contributed by atoms with Crippen LogP contribution in [0.1, 0.15) is 10.4 Å². The smallest absolute Gasteiger partial charge is 0.272 e. The fraction of sp³-hybridized carbons (Fsp3) is 0. The molecule has 0 bridgehead atoms. The van der Waals surface area contributed by atoms with Crippen molar-refractivity contribution >= 4 is 33.2 Å². The number of amides is 1. The second kappa shape index (κ2) is 7.26. The maximum atomic E-state index is 13.1. The van der Waals surface area contributed by atoms with Crippen molar-refractivity contribution in [1.82, 2.24) is 4.98 Å². The van der Waals surface area contributed by atoms with E-state index in [1.165, 1.54) is 54.6 Å². The van der Waals surface area contributed by atoms with E-state index in [0.717, 1.165) is 6.07 Å². The highest BCUT2D eigenvalue weighted by atomic mass is 35.5. The van der Waals surface area contributed by atoms with Crippen molar-refractivity contribution in [3.8, 4) is 5.75 Å². The van der Waals surface area contributed by atoms with Gasteiger partial charge in [-0.05, 0) is 42.5 Å². The highest BCUT2D eigenvalue weighted by molar-refractivity contribution is 7.93. The van der Waals surface area contributed by atoms with Crippen molar-refractivity contribution in [3.05, 3.63) is 87.8 Å². The summed E-state index contributed by atoms with van der Waals surface area (Å²) in [6.07, 6.45) is 0. The van der Waals surface area contributed by atoms with Gasteiger partial charge in [0, 0.05) is 11.6 Å². The van der Waals surface area contributed by atoms with Gasteiger partial charge in [-0.25, -0.2) is 8.42 Å². The molecule has 138 valence electrons. The molecule has 1 aromatic heterocycles. The van der Waals surface area contributed by atoms with E-state index in [1.54, 1.807) is 6.07 Å². The molecule has 27 heavy (non-hydrogen) atoms. The Labute approximate surface area is 159 Å². The zero-order valence-electron chi connectivity index (χ0n) is 13.7. The van der Waals surface area contributed by atoms with Gasteiger partial charge in [0.2, 0.25) is 5.56 Å². The van der Waals surface area contributed by atoms with Crippen LogP contribution >= 0.6 is 11.6 Å². The highest BCUT2D eigenvalue weighted by Crippen LogP contribution is 2.27. The Kier molecular flexibility index (Phi) is 5.02. The number of aromatic nitrogens is 1. The number of carbonyl (C=O) groups excluding carboxylic acids is 1. The maximum Gasteiger partial charge on any atom is 0.272 e. The molecule has 0 aliphatic heterocycles. The lowest BCUT2D eigenvalue weighted by molar-refractivity contribution is 0.100. The van der Waals surface area contributed by atoms with E-state index >= 15 is 0 Å². The number of aromatic amines is 1. The van der Waals surface area contributed by atoms with E-state index in [0.29, 0.717) is 4.31 Å². The lowest BCUT2D eigenvalue weighted by atomic mass is 10.2. The maximum absolute atomic E-state index is 13.1. The van der Waals surface area contributed by atoms with Crippen LogP contribution in [-0.4, -0.2) is 24.4 Å². The van der Waals surface area contributed by atoms with Crippen molar-refractivity contribution in [2.45, 2.75) is 4.90 Å². The lowest BCUT2D eigenvalue weighted by Crippen LogP contribution is -2.37. The van der Waals surface area contributed by atoms with Gasteiger partial charge in [-0.2, -0.15) is 4.31 Å². The van der Waals surface area contributed by atoms with E-state index in [4.69, 9.17) is 11.6 Å². The molecule has 9 heteroatoms. The van der Waals surface area contributed by atoms with Crippen LogP contribution in [0.3, 0.4) is 0 Å². The minimum absolute atomic E-state index is 0.00180. The predicted molar refractivity (Wildman–Crippen MR) is 101 cm³/mol. The lowest BCUT2D eigenvalue weighted by Gasteiger charge is -2.22. The fourth-order valence-corrected chi connectivity index (χ4v) is 4.05. The Morgan fingerprint density at radius 3 is 2.22 bits per heavy atom. The third kappa shape index (κ3) is 3.86. The molecule has 0 atom stereocenters. The average Bonchev–Trinajstić information content (AvgIpc) is 2.63. The summed E-state index contributed by atoms with van der Waals surface area (Å²) >= 11 is 5.79. The second-order valence-electron chi connectivity index (χ2n) is 5.49. The van der Waals surface area contributed by atoms with Crippen molar-refractivity contribution in [3.63, 3.8) is 0 Å². The largest absolute Gasteiger partial charge is 0.508 e. The molecular weight excluding hydrogens is 392 g/mol. The van der Waals surface area contributed by atoms with Crippen LogP contribution in [-0.2, 0) is 10.0 Å². The molecule has 1 amide bonds. The number of H-pyrrole nitrogens is 1. The Hall–Kier alpha value is -3.10. The summed E-state index contributed by atoms with van der Waals surface area (Å²) in [5.74, 6) is -1.06. The molecule has 0 aliphatic carbocycles. The van der Waals surface area contributed by atoms with E-state index in [-0.39, 0.29) is 27.0 Å². The van der Waals surface area contributed by atoms with Crippen LogP contribution in [0.2, 0.25) is 5.15 Å². The number of phenols is 1. The summed E-state index contributed by atoms with van der Waals surface area (Å²) in [7, 11) is -4.29. The van der Waals surface area contributed by atoms with Crippen LogP contribution in [0.4, 0.5) is 5.69 Å². The van der Waals surface area contributed by atoms with E-state index in [9.17, 15) is 23.1 Å². The molecule has 0 unspecified atom stereocenters. The summed E-state index contributed by atoms with van der Waals surface area (Å²) in [6.45, 7) is 0. The van der Waals surface area contributed by atoms with Gasteiger partial charge >= 0.3 is 0 Å². The third-order valence-corrected chi connectivity index (χ3v) is 5.54. The molecule has 2 aromatic carbocycles. The zero-order valence-corrected chi connectivity index (χ0v) is 15.2. The molecule has 0 fully saturated rings. The van der Waals surface area contributed by atoms with Crippen LogP contribution in [0.5, 0.6) is 5.75 Å². The Morgan fingerprint density at radius 1 is 1.00 bits per heavy atom. The molecule has 2 N–H and O–H groups in total. The number of sulfonamides is 1. The molecule has 1 heterocycles. The van der Waals surface area contributed by atoms with Gasteiger partial charge in [-0.3, -0.25) is 9.59 Å². The van der Waals surface area contributed by atoms with Gasteiger partial charge in [0.15, 0.2) is 0 Å². The van der Waals surface area contributed by atoms with Gasteiger partial charge < -0.3 is 10.1 Å². The van der Waals surface area contributed by atoms with E-state index in [1.807, 2.05) is 0 Å². The standard InChI is InChI=1S/C18H13ClN2O5S/c19-16-10-12(11-17(23)20-16)18(24)21(13-6-8-14(22)9-7-13)27(25,26)15-4-2-1-3-5-15/h1-11,22H,(H,20,23). The summed E-state index contributed by atoms with van der Waals surface area (Å²) in [5.41, 5.74) is -0.844. The Bertz CT molecular complexity index is 1140. The summed E-state index contributed by atoms with van der Waals surface area (Å²) in [4.78, 5) is 26.8. The molecule has 0 saturated carbocycles. The fourth-order valence-electron chi connectivity index (χ4n) is 2.40. The molecule has 3 aromatic rings. The number of nitrogens with zero attached hydrogens (tertiary/aromatic N) is 1. The normalized spacial score (nSPS) is 11.1. The molecule has 0 saturated heterocycles. The van der Waals surface area contributed by atoms with Gasteiger partial charge in [0.25, 0.3) is 15.9 Å². The van der Waals surface area contributed by atoms with Gasteiger partial charge in [0.1, 0.15) is 10.9 Å². The van der Waals surface area contributed by atoms with Crippen LogP contribution < -0.4 is 9.86 Å². The molecule has 0 radical (unpaired) electrons. The molecule has 0 aliphatic rings. The van der Waals surface area contributed by atoms with E-state index < -0.39 is 21.5 Å².